The van der Waals surface area contributed by atoms with Gasteiger partial charge in [-0.1, -0.05) is 554 Å². The number of rotatable bonds is 3. The molecule has 4 aliphatic carbocycles. The second-order valence-corrected chi connectivity index (χ2v) is 33.1. The van der Waals surface area contributed by atoms with Gasteiger partial charge in [0.25, 0.3) is 0 Å². The maximum atomic E-state index is 4.55. The fourth-order valence-corrected chi connectivity index (χ4v) is 18.9. The van der Waals surface area contributed by atoms with Crippen molar-refractivity contribution in [2.24, 2.45) is 13.0 Å². The minimum Gasteiger partial charge on any atom is -0.344 e. The van der Waals surface area contributed by atoms with Gasteiger partial charge in [0.2, 0.25) is 0 Å². The summed E-state index contributed by atoms with van der Waals surface area (Å²) in [7, 11) is 2.12. The first-order chi connectivity index (χ1) is 69.2. The Balaban J connectivity index is 0.000000150. The van der Waals surface area contributed by atoms with E-state index in [9.17, 15) is 0 Å². The van der Waals surface area contributed by atoms with Crippen molar-refractivity contribution in [3.63, 3.8) is 0 Å². The van der Waals surface area contributed by atoms with Gasteiger partial charge in [-0.3, -0.25) is 0 Å². The molecule has 704 valence electrons. The Morgan fingerprint density at radius 3 is 1.01 bits per heavy atom. The number of nitrogens with zero attached hydrogens (tertiary/aromatic N) is 5. The van der Waals surface area contributed by atoms with Crippen LogP contribution in [0.3, 0.4) is 0 Å². The molecule has 0 bridgehead atoms. The molecule has 4 aliphatic rings. The summed E-state index contributed by atoms with van der Waals surface area (Å²) in [4.78, 5) is 13.4. The van der Waals surface area contributed by atoms with E-state index >= 15 is 0 Å². The molecule has 0 saturated heterocycles. The van der Waals surface area contributed by atoms with Gasteiger partial charge in [-0.25, -0.2) is 15.0 Å². The van der Waals surface area contributed by atoms with Crippen LogP contribution in [0.25, 0.3) is 141 Å². The molecule has 0 saturated carbocycles. The SMILES string of the molecule is C1=CC2=CC=CC3c4ccccc4C(=C1)C23.CC.CC.CC.CC.CC.CC.CC.CC1(C)c2ccccc2-c2ccccc21.Cc1nc(-c2ccccc2)nc(-c2ccccc2)n1.Cn1c2ccccc2c2ccccc21.c1ccc(-n2c3ccccc3c3ccccc32)cc1.c1ccc2c(c1)ccc1ccccc12.c1ccc2c(c1)sc1ccccc12.c1ccc2ccccc2c1.c1ccccc1. The van der Waals surface area contributed by atoms with Crippen molar-refractivity contribution < 1.29 is 0 Å². The average Bonchev–Trinajstić information content (AvgIpc) is 1.60. The van der Waals surface area contributed by atoms with Crippen LogP contribution in [-0.2, 0) is 12.5 Å². The first-order valence-electron chi connectivity index (χ1n) is 50.2. The third-order valence-corrected chi connectivity index (χ3v) is 25.0. The van der Waals surface area contributed by atoms with Gasteiger partial charge in [0.1, 0.15) is 5.82 Å². The molecule has 6 heteroatoms. The van der Waals surface area contributed by atoms with E-state index in [1.807, 2.05) is 212 Å². The summed E-state index contributed by atoms with van der Waals surface area (Å²) in [5.74, 6) is 3.30. The van der Waals surface area contributed by atoms with Crippen LogP contribution in [-0.4, -0.2) is 24.1 Å². The van der Waals surface area contributed by atoms with Gasteiger partial charge in [0, 0.05) is 93.9 Å². The van der Waals surface area contributed by atoms with Crippen LogP contribution in [0.1, 0.15) is 145 Å². The Hall–Kier alpha value is -15.5. The lowest BCUT2D eigenvalue weighted by molar-refractivity contribution is 0.660. The van der Waals surface area contributed by atoms with Gasteiger partial charge in [0.05, 0.1) is 11.0 Å². The van der Waals surface area contributed by atoms with E-state index in [-0.39, 0.29) is 5.41 Å². The van der Waals surface area contributed by atoms with Crippen LogP contribution < -0.4 is 0 Å². The summed E-state index contributed by atoms with van der Waals surface area (Å²) in [5.41, 5.74) is 20.1. The summed E-state index contributed by atoms with van der Waals surface area (Å²) in [6.45, 7) is 34.5. The lowest BCUT2D eigenvalue weighted by atomic mass is 9.79. The van der Waals surface area contributed by atoms with Gasteiger partial charge in [-0.15, -0.1) is 11.3 Å². The van der Waals surface area contributed by atoms with Crippen LogP contribution in [0.15, 0.2) is 497 Å². The van der Waals surface area contributed by atoms with Crippen molar-refractivity contribution in [2.45, 2.75) is 129 Å². The molecule has 0 aliphatic heterocycles. The van der Waals surface area contributed by atoms with Crippen LogP contribution >= 0.6 is 11.3 Å². The van der Waals surface area contributed by atoms with Gasteiger partial charge >= 0.3 is 0 Å². The summed E-state index contributed by atoms with van der Waals surface area (Å²) in [6, 6.07) is 158. The van der Waals surface area contributed by atoms with Crippen LogP contribution in [0.2, 0.25) is 0 Å². The maximum absolute atomic E-state index is 4.55. The number of aromatic nitrogens is 5. The number of hydrogen-bond acceptors (Lipinski definition) is 4. The molecule has 22 aromatic rings. The molecule has 4 heterocycles. The third-order valence-electron chi connectivity index (χ3n) is 23.8. The van der Waals surface area contributed by atoms with E-state index in [0.29, 0.717) is 23.5 Å². The number of para-hydroxylation sites is 5. The van der Waals surface area contributed by atoms with Gasteiger partial charge in [-0.2, -0.15) is 0 Å². The molecule has 18 aromatic carbocycles. The van der Waals surface area contributed by atoms with Crippen LogP contribution in [0, 0.1) is 12.8 Å². The molecule has 140 heavy (non-hydrogen) atoms. The number of fused-ring (bicyclic) bond motifs is 19. The van der Waals surface area contributed by atoms with Crippen molar-refractivity contribution in [1.29, 1.82) is 0 Å². The van der Waals surface area contributed by atoms with Gasteiger partial charge in [0.15, 0.2) is 11.6 Å². The van der Waals surface area contributed by atoms with Crippen molar-refractivity contribution in [3.05, 3.63) is 525 Å². The largest absolute Gasteiger partial charge is 0.344 e. The lowest BCUT2D eigenvalue weighted by Gasteiger charge is -2.24. The highest BCUT2D eigenvalue weighted by Crippen LogP contribution is 2.53. The zero-order valence-electron chi connectivity index (χ0n) is 85.1. The highest BCUT2D eigenvalue weighted by Gasteiger charge is 2.38. The Morgan fingerprint density at radius 1 is 0.271 bits per heavy atom. The Labute approximate surface area is 837 Å². The zero-order chi connectivity index (χ0) is 99.4. The average molecular weight is 1850 g/mol. The zero-order valence-corrected chi connectivity index (χ0v) is 85.9. The van der Waals surface area contributed by atoms with Crippen LogP contribution in [0.5, 0.6) is 0 Å². The van der Waals surface area contributed by atoms with E-state index in [4.69, 9.17) is 0 Å². The molecule has 4 aromatic heterocycles. The topological polar surface area (TPSA) is 48.5 Å². The van der Waals surface area contributed by atoms with Crippen molar-refractivity contribution in [1.82, 2.24) is 24.1 Å². The summed E-state index contributed by atoms with van der Waals surface area (Å²) < 4.78 is 7.32. The fraction of sp³-hybridized carbons (Fsp3) is 0.157. The minimum atomic E-state index is 0.160. The normalized spacial score (nSPS) is 12.4. The first-order valence-corrected chi connectivity index (χ1v) is 51.0. The van der Waals surface area contributed by atoms with Crippen molar-refractivity contribution in [2.75, 3.05) is 0 Å². The molecular formula is C134H137N5S. The summed E-state index contributed by atoms with van der Waals surface area (Å²) in [6.07, 6.45) is 13.5. The predicted octanol–water partition coefficient (Wildman–Crippen LogP) is 39.2. The molecule has 2 atom stereocenters. The number of benzene rings is 18. The van der Waals surface area contributed by atoms with E-state index in [0.717, 1.165) is 17.0 Å². The summed E-state index contributed by atoms with van der Waals surface area (Å²) in [5, 5.41) is 16.0. The molecule has 0 spiro atoms. The van der Waals surface area contributed by atoms with Crippen LogP contribution in [0.4, 0.5) is 0 Å². The number of hydrogen-bond donors (Lipinski definition) is 0. The Kier molecular flexibility index (Phi) is 41.3. The smallest absolute Gasteiger partial charge is 0.163 e. The molecular weight excluding hydrogens is 1710 g/mol. The maximum Gasteiger partial charge on any atom is 0.163 e. The first kappa shape index (κ1) is 105. The summed E-state index contributed by atoms with van der Waals surface area (Å²) >= 11 is 1.86. The standard InChI is InChI=1S/C18H13N.C16H13N3.C16H12.C15H14.C14H10.C13H11N.C12H8S.C10H8.C6H6.7C2H6/c1-2-8-14(9-3-1)19-17-12-6-4-10-15(17)16-11-5-7-13-18(16)19;1-12-17-15(13-8-4-2-5-9-13)19-16(18-12)14-10-6-3-7-11-14;1-2-8-13-12(7-1)14-9-3-5-11-6-4-10-15(13)16(11)14;1-15(2)13-9-5-3-7-11(13)12-8-4-6-10-14(12)15;1-3-7-13-11(5-1)9-10-12-6-2-4-8-14(12)13;1-14-12-8-4-2-6-10(12)11-7-3-5-9-13(11)14;1-3-7-11-9(5-1)10-6-2-4-8-12(10)13-11;1-2-6-10-8-4-3-7-9(10)5-1;1-2-4-6-5-3-1;7*1-2/h1-13H;2-11H,1H3;1-10,14,16H;3-10H,1-2H3;1-10H;2-9H,1H3;1-8H;1-8H;1-6H;7*1-2H3. The van der Waals surface area contributed by atoms with E-state index in [1.54, 1.807) is 0 Å². The van der Waals surface area contributed by atoms with Gasteiger partial charge in [-0.05, 0) is 132 Å². The number of allylic oxidation sites excluding steroid dienone is 8. The van der Waals surface area contributed by atoms with E-state index in [2.05, 4.69) is 439 Å². The Bertz CT molecular complexity index is 7250. The highest BCUT2D eigenvalue weighted by molar-refractivity contribution is 7.25. The number of thiophene rings is 1. The molecule has 26 rings (SSSR count). The number of aryl methyl sites for hydroxylation is 2. The Morgan fingerprint density at radius 2 is 0.586 bits per heavy atom. The lowest BCUT2D eigenvalue weighted by Crippen LogP contribution is -2.14. The third kappa shape index (κ3) is 25.5. The molecule has 0 N–H and O–H groups in total. The second kappa shape index (κ2) is 55.1. The molecule has 0 radical (unpaired) electrons. The molecule has 5 nitrogen and oxygen atoms in total. The fourth-order valence-electron chi connectivity index (χ4n) is 17.8. The monoisotopic (exact) mass is 1850 g/mol. The predicted molar refractivity (Wildman–Crippen MR) is 618 cm³/mol. The van der Waals surface area contributed by atoms with E-state index < -0.39 is 0 Å². The molecule has 0 amide bonds. The van der Waals surface area contributed by atoms with Gasteiger partial charge < -0.3 is 9.13 Å². The van der Waals surface area contributed by atoms with E-state index in [1.165, 1.54) is 146 Å². The quantitative estimate of drug-likeness (QED) is 0.166. The van der Waals surface area contributed by atoms with Crippen molar-refractivity contribution in [3.8, 4) is 39.6 Å². The van der Waals surface area contributed by atoms with Crippen molar-refractivity contribution >= 4 is 113 Å². The highest BCUT2D eigenvalue weighted by atomic mass is 32.1. The molecule has 0 fully saturated rings. The second-order valence-electron chi connectivity index (χ2n) is 32.0. The molecule has 2 unspecified atom stereocenters. The minimum absolute atomic E-state index is 0.160.